The summed E-state index contributed by atoms with van der Waals surface area (Å²) in [5.41, 5.74) is 0.0278. The molecule has 0 aromatic heterocycles. The van der Waals surface area contributed by atoms with Gasteiger partial charge in [-0.1, -0.05) is 29.5 Å². The first-order valence-corrected chi connectivity index (χ1v) is 5.18. The summed E-state index contributed by atoms with van der Waals surface area (Å²) in [6.07, 6.45) is 0. The predicted molar refractivity (Wildman–Crippen MR) is 53.8 cm³/mol. The first-order valence-electron chi connectivity index (χ1n) is 3.65. The molecule has 62 valence electrons. The third-order valence-corrected chi connectivity index (χ3v) is 2.57. The smallest absolute Gasteiger partial charge is 0.0598 e. The van der Waals surface area contributed by atoms with Gasteiger partial charge in [-0.2, -0.15) is 0 Å². The summed E-state index contributed by atoms with van der Waals surface area (Å²) in [5.74, 6) is 0.680. The monoisotopic (exact) mass is 256 g/mol. The minimum absolute atomic E-state index is 0.0278. The van der Waals surface area contributed by atoms with Crippen LogP contribution in [-0.4, -0.2) is 16.6 Å². The SMILES string of the molecule is C[C@@H](CI)COC(C)(C)C. The average molecular weight is 256 g/mol. The fourth-order valence-electron chi connectivity index (χ4n) is 0.437. The highest BCUT2D eigenvalue weighted by Crippen LogP contribution is 2.10. The maximum atomic E-state index is 5.58. The zero-order valence-electron chi connectivity index (χ0n) is 7.28. The average Bonchev–Trinajstić information content (AvgIpc) is 1.81. The molecule has 0 aliphatic carbocycles. The van der Waals surface area contributed by atoms with Gasteiger partial charge >= 0.3 is 0 Å². The van der Waals surface area contributed by atoms with Gasteiger partial charge in [-0.05, 0) is 26.7 Å². The van der Waals surface area contributed by atoms with Gasteiger partial charge in [-0.3, -0.25) is 0 Å². The molecule has 0 saturated heterocycles. The first kappa shape index (κ1) is 10.7. The molecule has 1 nitrogen and oxygen atoms in total. The van der Waals surface area contributed by atoms with Crippen molar-refractivity contribution in [3.05, 3.63) is 0 Å². The van der Waals surface area contributed by atoms with Crippen molar-refractivity contribution in [1.29, 1.82) is 0 Å². The Bertz CT molecular complexity index is 85.7. The van der Waals surface area contributed by atoms with E-state index in [4.69, 9.17) is 4.74 Å². The van der Waals surface area contributed by atoms with E-state index in [1.165, 1.54) is 4.43 Å². The lowest BCUT2D eigenvalue weighted by Crippen LogP contribution is -2.22. The van der Waals surface area contributed by atoms with Gasteiger partial charge in [-0.25, -0.2) is 0 Å². The maximum Gasteiger partial charge on any atom is 0.0598 e. The summed E-state index contributed by atoms with van der Waals surface area (Å²) in [7, 11) is 0. The van der Waals surface area contributed by atoms with Gasteiger partial charge in [0.25, 0.3) is 0 Å². The molecule has 0 heterocycles. The van der Waals surface area contributed by atoms with Gasteiger partial charge in [-0.15, -0.1) is 0 Å². The minimum atomic E-state index is 0.0278. The molecule has 0 bridgehead atoms. The molecule has 0 aromatic rings. The van der Waals surface area contributed by atoms with Crippen LogP contribution in [0.4, 0.5) is 0 Å². The van der Waals surface area contributed by atoms with E-state index in [0.717, 1.165) is 6.61 Å². The lowest BCUT2D eigenvalue weighted by molar-refractivity contribution is -0.0157. The topological polar surface area (TPSA) is 9.23 Å². The van der Waals surface area contributed by atoms with Crippen LogP contribution < -0.4 is 0 Å². The van der Waals surface area contributed by atoms with Crippen molar-refractivity contribution in [3.63, 3.8) is 0 Å². The summed E-state index contributed by atoms with van der Waals surface area (Å²) >= 11 is 2.38. The Morgan fingerprint density at radius 2 is 1.90 bits per heavy atom. The number of hydrogen-bond acceptors (Lipinski definition) is 1. The Hall–Kier alpha value is 0.690. The van der Waals surface area contributed by atoms with E-state index in [1.807, 2.05) is 0 Å². The third kappa shape index (κ3) is 6.81. The molecule has 2 heteroatoms. The number of hydrogen-bond donors (Lipinski definition) is 0. The van der Waals surface area contributed by atoms with E-state index in [2.05, 4.69) is 50.3 Å². The molecule has 0 amide bonds. The van der Waals surface area contributed by atoms with Crippen LogP contribution in [0.3, 0.4) is 0 Å². The van der Waals surface area contributed by atoms with Crippen molar-refractivity contribution in [1.82, 2.24) is 0 Å². The number of ether oxygens (including phenoxy) is 1. The van der Waals surface area contributed by atoms with E-state index in [-0.39, 0.29) is 5.60 Å². The second-order valence-electron chi connectivity index (χ2n) is 3.68. The molecule has 0 aliphatic heterocycles. The van der Waals surface area contributed by atoms with Crippen molar-refractivity contribution in [2.45, 2.75) is 33.3 Å². The third-order valence-electron chi connectivity index (χ3n) is 1.06. The van der Waals surface area contributed by atoms with Crippen molar-refractivity contribution in [2.75, 3.05) is 11.0 Å². The number of halogens is 1. The Morgan fingerprint density at radius 1 is 1.40 bits per heavy atom. The number of rotatable bonds is 3. The van der Waals surface area contributed by atoms with Crippen LogP contribution >= 0.6 is 22.6 Å². The normalized spacial score (nSPS) is 15.3. The minimum Gasteiger partial charge on any atom is -0.376 e. The van der Waals surface area contributed by atoms with E-state index in [0.29, 0.717) is 5.92 Å². The second kappa shape index (κ2) is 4.54. The van der Waals surface area contributed by atoms with Crippen LogP contribution in [0.15, 0.2) is 0 Å². The zero-order valence-corrected chi connectivity index (χ0v) is 9.44. The zero-order chi connectivity index (χ0) is 8.20. The maximum absolute atomic E-state index is 5.58. The predicted octanol–water partition coefficient (Wildman–Crippen LogP) is 2.87. The van der Waals surface area contributed by atoms with Crippen molar-refractivity contribution in [2.24, 2.45) is 5.92 Å². The highest BCUT2D eigenvalue weighted by molar-refractivity contribution is 14.1. The standard InChI is InChI=1S/C8H17IO/c1-7(5-9)6-10-8(2,3)4/h7H,5-6H2,1-4H3/t7-/m0/s1. The van der Waals surface area contributed by atoms with Gasteiger partial charge in [0.15, 0.2) is 0 Å². The summed E-state index contributed by atoms with van der Waals surface area (Å²) in [4.78, 5) is 0. The Balaban J connectivity index is 3.36. The molecule has 10 heavy (non-hydrogen) atoms. The molecule has 0 saturated carbocycles. The van der Waals surface area contributed by atoms with Crippen molar-refractivity contribution < 1.29 is 4.74 Å². The number of alkyl halides is 1. The summed E-state index contributed by atoms with van der Waals surface area (Å²) in [5, 5.41) is 0. The van der Waals surface area contributed by atoms with E-state index < -0.39 is 0 Å². The molecule has 0 N–H and O–H groups in total. The lowest BCUT2D eigenvalue weighted by atomic mass is 10.2. The molecule has 1 atom stereocenters. The molecule has 0 fully saturated rings. The second-order valence-corrected chi connectivity index (χ2v) is 4.56. The molecule has 0 radical (unpaired) electrons. The molecule has 0 unspecified atom stereocenters. The fourth-order valence-corrected chi connectivity index (χ4v) is 0.691. The van der Waals surface area contributed by atoms with Crippen LogP contribution in [-0.2, 0) is 4.74 Å². The van der Waals surface area contributed by atoms with E-state index in [1.54, 1.807) is 0 Å². The molecule has 0 aromatic carbocycles. The van der Waals surface area contributed by atoms with Crippen molar-refractivity contribution in [3.8, 4) is 0 Å². The molecular formula is C8H17IO. The van der Waals surface area contributed by atoms with Gasteiger partial charge in [0.1, 0.15) is 0 Å². The quantitative estimate of drug-likeness (QED) is 0.557. The van der Waals surface area contributed by atoms with Crippen LogP contribution in [0.2, 0.25) is 0 Å². The van der Waals surface area contributed by atoms with Crippen LogP contribution in [0, 0.1) is 5.92 Å². The van der Waals surface area contributed by atoms with Crippen LogP contribution in [0.5, 0.6) is 0 Å². The molecule has 0 spiro atoms. The summed E-state index contributed by atoms with van der Waals surface area (Å²) < 4.78 is 6.75. The van der Waals surface area contributed by atoms with Gasteiger partial charge in [0.2, 0.25) is 0 Å². The molecule has 0 rings (SSSR count). The lowest BCUT2D eigenvalue weighted by Gasteiger charge is -2.21. The largest absolute Gasteiger partial charge is 0.376 e. The Labute approximate surface area is 77.7 Å². The highest BCUT2D eigenvalue weighted by atomic mass is 127. The van der Waals surface area contributed by atoms with Crippen LogP contribution in [0.25, 0.3) is 0 Å². The first-order chi connectivity index (χ1) is 4.45. The fraction of sp³-hybridized carbons (Fsp3) is 1.00. The highest BCUT2D eigenvalue weighted by Gasteiger charge is 2.11. The Kier molecular flexibility index (Phi) is 4.86. The van der Waals surface area contributed by atoms with Gasteiger partial charge in [0.05, 0.1) is 12.2 Å². The summed E-state index contributed by atoms with van der Waals surface area (Å²) in [6, 6.07) is 0. The Morgan fingerprint density at radius 3 is 2.20 bits per heavy atom. The van der Waals surface area contributed by atoms with E-state index in [9.17, 15) is 0 Å². The molecular weight excluding hydrogens is 239 g/mol. The molecule has 0 aliphatic rings. The van der Waals surface area contributed by atoms with Crippen molar-refractivity contribution >= 4 is 22.6 Å². The van der Waals surface area contributed by atoms with E-state index >= 15 is 0 Å². The van der Waals surface area contributed by atoms with Gasteiger partial charge < -0.3 is 4.74 Å². The van der Waals surface area contributed by atoms with Crippen LogP contribution in [0.1, 0.15) is 27.7 Å². The summed E-state index contributed by atoms with van der Waals surface area (Å²) in [6.45, 7) is 9.36. The van der Waals surface area contributed by atoms with Gasteiger partial charge in [0, 0.05) is 4.43 Å².